The van der Waals surface area contributed by atoms with E-state index in [9.17, 15) is 4.79 Å². The van der Waals surface area contributed by atoms with Crippen molar-refractivity contribution in [2.75, 3.05) is 6.61 Å². The van der Waals surface area contributed by atoms with Gasteiger partial charge in [0.1, 0.15) is 0 Å². The second-order valence-corrected chi connectivity index (χ2v) is 4.90. The first-order valence-corrected chi connectivity index (χ1v) is 7.06. The summed E-state index contributed by atoms with van der Waals surface area (Å²) in [6, 6.07) is 14.9. The van der Waals surface area contributed by atoms with E-state index >= 15 is 0 Å². The topological polar surface area (TPSA) is 38.7 Å². The summed E-state index contributed by atoms with van der Waals surface area (Å²) in [5.74, 6) is -0.311. The fourth-order valence-corrected chi connectivity index (χ4v) is 2.01. The van der Waals surface area contributed by atoms with Gasteiger partial charge in [-0.1, -0.05) is 34.1 Å². The molecule has 0 amide bonds. The first-order valence-electron chi connectivity index (χ1n) is 6.26. The molecule has 0 fully saturated rings. The highest BCUT2D eigenvalue weighted by atomic mass is 79.9. The molecular formula is C16H14BrNO2. The van der Waals surface area contributed by atoms with E-state index in [1.54, 1.807) is 37.4 Å². The number of benzene rings is 2. The van der Waals surface area contributed by atoms with E-state index in [2.05, 4.69) is 20.9 Å². The lowest BCUT2D eigenvalue weighted by atomic mass is 10.2. The summed E-state index contributed by atoms with van der Waals surface area (Å²) in [5, 5.41) is 0. The average Bonchev–Trinajstić information content (AvgIpc) is 2.47. The van der Waals surface area contributed by atoms with Gasteiger partial charge in [0.15, 0.2) is 0 Å². The highest BCUT2D eigenvalue weighted by molar-refractivity contribution is 9.10. The van der Waals surface area contributed by atoms with Crippen molar-refractivity contribution in [3.63, 3.8) is 0 Å². The minimum absolute atomic E-state index is 0.311. The Morgan fingerprint density at radius 1 is 1.20 bits per heavy atom. The van der Waals surface area contributed by atoms with Gasteiger partial charge < -0.3 is 4.74 Å². The van der Waals surface area contributed by atoms with Crippen LogP contribution in [0, 0.1) is 0 Å². The molecule has 0 aliphatic heterocycles. The van der Waals surface area contributed by atoms with Crippen LogP contribution in [0.5, 0.6) is 0 Å². The molecule has 0 aromatic heterocycles. The number of hydrogen-bond donors (Lipinski definition) is 0. The predicted molar refractivity (Wildman–Crippen MR) is 83.8 cm³/mol. The van der Waals surface area contributed by atoms with Crippen molar-refractivity contribution >= 4 is 33.8 Å². The third-order valence-corrected chi connectivity index (χ3v) is 3.36. The predicted octanol–water partition coefficient (Wildman–Crippen LogP) is 4.38. The second-order valence-electron chi connectivity index (χ2n) is 4.05. The maximum atomic E-state index is 11.5. The third-order valence-electron chi connectivity index (χ3n) is 2.64. The summed E-state index contributed by atoms with van der Waals surface area (Å²) in [4.78, 5) is 15.9. The lowest BCUT2D eigenvalue weighted by Gasteiger charge is -2.01. The maximum Gasteiger partial charge on any atom is 0.338 e. The lowest BCUT2D eigenvalue weighted by molar-refractivity contribution is 0.0526. The van der Waals surface area contributed by atoms with Crippen LogP contribution in [0.2, 0.25) is 0 Å². The molecule has 4 heteroatoms. The fourth-order valence-electron chi connectivity index (χ4n) is 1.62. The molecule has 0 unspecified atom stereocenters. The highest BCUT2D eigenvalue weighted by Gasteiger charge is 2.04. The largest absolute Gasteiger partial charge is 0.462 e. The van der Waals surface area contributed by atoms with Gasteiger partial charge in [-0.05, 0) is 37.3 Å². The molecule has 0 heterocycles. The van der Waals surface area contributed by atoms with E-state index in [1.807, 2.05) is 24.3 Å². The highest BCUT2D eigenvalue weighted by Crippen LogP contribution is 2.17. The molecule has 3 nitrogen and oxygen atoms in total. The van der Waals surface area contributed by atoms with Crippen molar-refractivity contribution in [3.8, 4) is 0 Å². The number of nitrogens with zero attached hydrogens (tertiary/aromatic N) is 1. The molecule has 0 spiro atoms. The van der Waals surface area contributed by atoms with E-state index in [0.717, 1.165) is 15.7 Å². The van der Waals surface area contributed by atoms with Gasteiger partial charge in [-0.3, -0.25) is 4.99 Å². The molecule has 20 heavy (non-hydrogen) atoms. The van der Waals surface area contributed by atoms with Crippen molar-refractivity contribution in [3.05, 3.63) is 64.1 Å². The zero-order chi connectivity index (χ0) is 14.4. The molecule has 0 aliphatic rings. The molecule has 0 N–H and O–H groups in total. The van der Waals surface area contributed by atoms with E-state index in [1.165, 1.54) is 0 Å². The van der Waals surface area contributed by atoms with Crippen LogP contribution in [0.25, 0.3) is 0 Å². The number of aliphatic imine (C=N–C) groups is 1. The standard InChI is InChI=1S/C16H14BrNO2/c1-2-20-16(19)12-7-9-14(10-8-12)18-11-13-5-3-4-6-15(13)17/h3-11H,2H2,1H3. The van der Waals surface area contributed by atoms with Crippen molar-refractivity contribution in [1.82, 2.24) is 0 Å². The van der Waals surface area contributed by atoms with E-state index in [4.69, 9.17) is 4.74 Å². The van der Waals surface area contributed by atoms with Crippen molar-refractivity contribution in [2.24, 2.45) is 4.99 Å². The molecule has 2 aromatic carbocycles. The molecule has 0 saturated carbocycles. The van der Waals surface area contributed by atoms with Gasteiger partial charge in [-0.2, -0.15) is 0 Å². The van der Waals surface area contributed by atoms with Gasteiger partial charge in [0.2, 0.25) is 0 Å². The number of ether oxygens (including phenoxy) is 1. The van der Waals surface area contributed by atoms with Crippen molar-refractivity contribution < 1.29 is 9.53 Å². The number of carbonyl (C=O) groups excluding carboxylic acids is 1. The summed E-state index contributed by atoms with van der Waals surface area (Å²) in [5.41, 5.74) is 2.32. The van der Waals surface area contributed by atoms with Crippen LogP contribution in [-0.4, -0.2) is 18.8 Å². The number of carbonyl (C=O) groups is 1. The van der Waals surface area contributed by atoms with E-state index < -0.39 is 0 Å². The third kappa shape index (κ3) is 3.78. The Morgan fingerprint density at radius 3 is 2.55 bits per heavy atom. The van der Waals surface area contributed by atoms with Crippen LogP contribution in [0.4, 0.5) is 5.69 Å². The molecule has 0 aliphatic carbocycles. The van der Waals surface area contributed by atoms with Gasteiger partial charge in [-0.15, -0.1) is 0 Å². The number of halogens is 1. The molecular weight excluding hydrogens is 318 g/mol. The van der Waals surface area contributed by atoms with E-state index in [0.29, 0.717) is 12.2 Å². The Morgan fingerprint density at radius 2 is 1.90 bits per heavy atom. The van der Waals surface area contributed by atoms with Crippen LogP contribution in [0.3, 0.4) is 0 Å². The smallest absolute Gasteiger partial charge is 0.338 e. The fraction of sp³-hybridized carbons (Fsp3) is 0.125. The quantitative estimate of drug-likeness (QED) is 0.616. The molecule has 0 saturated heterocycles. The Kier molecular flexibility index (Phi) is 5.07. The van der Waals surface area contributed by atoms with E-state index in [-0.39, 0.29) is 5.97 Å². The van der Waals surface area contributed by atoms with Crippen LogP contribution in [0.1, 0.15) is 22.8 Å². The SMILES string of the molecule is CCOC(=O)c1ccc(N=Cc2ccccc2Br)cc1. The monoisotopic (exact) mass is 331 g/mol. The minimum Gasteiger partial charge on any atom is -0.462 e. The molecule has 2 aromatic rings. The van der Waals surface area contributed by atoms with Gasteiger partial charge in [0.05, 0.1) is 17.9 Å². The molecule has 2 rings (SSSR count). The molecule has 0 bridgehead atoms. The number of rotatable bonds is 4. The number of hydrogen-bond acceptors (Lipinski definition) is 3. The average molecular weight is 332 g/mol. The normalized spacial score (nSPS) is 10.7. The first-order chi connectivity index (χ1) is 9.70. The zero-order valence-corrected chi connectivity index (χ0v) is 12.6. The summed E-state index contributed by atoms with van der Waals surface area (Å²) >= 11 is 3.47. The summed E-state index contributed by atoms with van der Waals surface area (Å²) in [6.07, 6.45) is 1.78. The summed E-state index contributed by atoms with van der Waals surface area (Å²) < 4.78 is 5.92. The van der Waals surface area contributed by atoms with Gasteiger partial charge in [0, 0.05) is 16.3 Å². The summed E-state index contributed by atoms with van der Waals surface area (Å²) in [7, 11) is 0. The first kappa shape index (κ1) is 14.5. The van der Waals surface area contributed by atoms with Gasteiger partial charge in [0.25, 0.3) is 0 Å². The molecule has 0 radical (unpaired) electrons. The van der Waals surface area contributed by atoms with Gasteiger partial charge in [-0.25, -0.2) is 4.79 Å². The van der Waals surface area contributed by atoms with Crippen molar-refractivity contribution in [2.45, 2.75) is 6.92 Å². The van der Waals surface area contributed by atoms with Crippen molar-refractivity contribution in [1.29, 1.82) is 0 Å². The maximum absolute atomic E-state index is 11.5. The van der Waals surface area contributed by atoms with Crippen LogP contribution in [-0.2, 0) is 4.74 Å². The zero-order valence-electron chi connectivity index (χ0n) is 11.0. The van der Waals surface area contributed by atoms with Crippen LogP contribution < -0.4 is 0 Å². The Labute approximate surface area is 126 Å². The Balaban J connectivity index is 2.11. The lowest BCUT2D eigenvalue weighted by Crippen LogP contribution is -2.03. The minimum atomic E-state index is -0.311. The molecule has 102 valence electrons. The Bertz CT molecular complexity index is 621. The second kappa shape index (κ2) is 7.01. The van der Waals surface area contributed by atoms with Gasteiger partial charge >= 0.3 is 5.97 Å². The van der Waals surface area contributed by atoms with Crippen LogP contribution in [0.15, 0.2) is 58.0 Å². The molecule has 0 atom stereocenters. The van der Waals surface area contributed by atoms with Crippen LogP contribution >= 0.6 is 15.9 Å². The summed E-state index contributed by atoms with van der Waals surface area (Å²) in [6.45, 7) is 2.16. The Hall–Kier alpha value is -1.94. The number of esters is 1.